The van der Waals surface area contributed by atoms with Crippen LogP contribution in [0.4, 0.5) is 0 Å². The van der Waals surface area contributed by atoms with Gasteiger partial charge in [0.25, 0.3) is 0 Å². The fourth-order valence-electron chi connectivity index (χ4n) is 2.78. The molecule has 0 bridgehead atoms. The van der Waals surface area contributed by atoms with Gasteiger partial charge in [0.1, 0.15) is 5.58 Å². The molecule has 1 atom stereocenters. The number of halogens is 1. The average Bonchev–Trinajstić information content (AvgIpc) is 2.89. The molecule has 0 spiro atoms. The van der Waals surface area contributed by atoms with Gasteiger partial charge in [-0.25, -0.2) is 0 Å². The molecule has 0 aliphatic carbocycles. The van der Waals surface area contributed by atoms with Gasteiger partial charge >= 0.3 is 0 Å². The van der Waals surface area contributed by atoms with E-state index in [-0.39, 0.29) is 5.78 Å². The van der Waals surface area contributed by atoms with Gasteiger partial charge < -0.3 is 9.73 Å². The summed E-state index contributed by atoms with van der Waals surface area (Å²) in [6.07, 6.45) is 3.92. The molecule has 1 fully saturated rings. The van der Waals surface area contributed by atoms with Crippen molar-refractivity contribution in [2.75, 3.05) is 13.1 Å². The van der Waals surface area contributed by atoms with Crippen molar-refractivity contribution < 1.29 is 9.21 Å². The van der Waals surface area contributed by atoms with Crippen molar-refractivity contribution in [2.45, 2.75) is 25.7 Å². The van der Waals surface area contributed by atoms with Crippen molar-refractivity contribution >= 4 is 28.4 Å². The van der Waals surface area contributed by atoms with E-state index in [0.717, 1.165) is 30.5 Å². The summed E-state index contributed by atoms with van der Waals surface area (Å²) in [6, 6.07) is 7.19. The molecule has 0 radical (unpaired) electrons. The number of Topliss-reactive ketones (excluding diaryl/α,β-unsaturated/α-hetero) is 1. The zero-order valence-corrected chi connectivity index (χ0v) is 12.1. The van der Waals surface area contributed by atoms with E-state index < -0.39 is 0 Å². The number of ketones is 1. The summed E-state index contributed by atoms with van der Waals surface area (Å²) in [5.74, 6) is 1.15. The van der Waals surface area contributed by atoms with E-state index in [2.05, 4.69) is 5.32 Å². The van der Waals surface area contributed by atoms with E-state index in [1.54, 1.807) is 18.2 Å². The fraction of sp³-hybridized carbons (Fsp3) is 0.438. The second-order valence-corrected chi connectivity index (χ2v) is 5.90. The number of hydrogen-bond donors (Lipinski definition) is 1. The maximum absolute atomic E-state index is 12.2. The highest BCUT2D eigenvalue weighted by molar-refractivity contribution is 6.31. The van der Waals surface area contributed by atoms with Crippen LogP contribution < -0.4 is 5.32 Å². The Bertz CT molecular complexity index is 614. The molecular weight excluding hydrogens is 274 g/mol. The fourth-order valence-corrected chi connectivity index (χ4v) is 2.96. The smallest absolute Gasteiger partial charge is 0.198 e. The largest absolute Gasteiger partial charge is 0.453 e. The number of furan rings is 1. The van der Waals surface area contributed by atoms with E-state index in [4.69, 9.17) is 16.0 Å². The van der Waals surface area contributed by atoms with Crippen LogP contribution in [0.15, 0.2) is 28.7 Å². The Labute approximate surface area is 123 Å². The lowest BCUT2D eigenvalue weighted by atomic mass is 9.93. The molecule has 2 heterocycles. The number of carbonyl (C=O) groups is 1. The highest BCUT2D eigenvalue weighted by atomic mass is 35.5. The van der Waals surface area contributed by atoms with Crippen LogP contribution in [-0.4, -0.2) is 18.9 Å². The van der Waals surface area contributed by atoms with Crippen LogP contribution >= 0.6 is 11.6 Å². The van der Waals surface area contributed by atoms with Crippen molar-refractivity contribution in [2.24, 2.45) is 5.92 Å². The summed E-state index contributed by atoms with van der Waals surface area (Å²) in [4.78, 5) is 12.2. The second-order valence-electron chi connectivity index (χ2n) is 5.47. The number of fused-ring (bicyclic) bond motifs is 1. The molecule has 0 amide bonds. The van der Waals surface area contributed by atoms with Crippen LogP contribution in [0.3, 0.4) is 0 Å². The van der Waals surface area contributed by atoms with Crippen molar-refractivity contribution in [3.8, 4) is 0 Å². The topological polar surface area (TPSA) is 42.2 Å². The molecule has 1 aliphatic heterocycles. The highest BCUT2D eigenvalue weighted by Crippen LogP contribution is 2.25. The Hall–Kier alpha value is -1.32. The quantitative estimate of drug-likeness (QED) is 0.864. The molecule has 20 heavy (non-hydrogen) atoms. The highest BCUT2D eigenvalue weighted by Gasteiger charge is 2.17. The van der Waals surface area contributed by atoms with Gasteiger partial charge in [-0.1, -0.05) is 11.6 Å². The molecule has 4 heteroatoms. The normalized spacial score (nSPS) is 19.4. The Kier molecular flexibility index (Phi) is 4.08. The summed E-state index contributed by atoms with van der Waals surface area (Å²) in [5.41, 5.74) is 0.720. The molecule has 2 aromatic rings. The third kappa shape index (κ3) is 3.05. The van der Waals surface area contributed by atoms with E-state index in [0.29, 0.717) is 23.1 Å². The molecular formula is C16H18ClNO2. The van der Waals surface area contributed by atoms with Crippen LogP contribution in [0.5, 0.6) is 0 Å². The summed E-state index contributed by atoms with van der Waals surface area (Å²) in [6.45, 7) is 2.14. The van der Waals surface area contributed by atoms with Crippen molar-refractivity contribution in [1.29, 1.82) is 0 Å². The Morgan fingerprint density at radius 1 is 1.40 bits per heavy atom. The number of nitrogens with one attached hydrogen (secondary N) is 1. The summed E-state index contributed by atoms with van der Waals surface area (Å²) >= 11 is 5.94. The molecule has 106 valence electrons. The lowest BCUT2D eigenvalue weighted by Crippen LogP contribution is -2.29. The van der Waals surface area contributed by atoms with Gasteiger partial charge in [-0.05, 0) is 62.5 Å². The van der Waals surface area contributed by atoms with E-state index >= 15 is 0 Å². The lowest BCUT2D eigenvalue weighted by Gasteiger charge is -2.21. The molecule has 1 aromatic heterocycles. The van der Waals surface area contributed by atoms with Gasteiger partial charge in [0.05, 0.1) is 0 Å². The van der Waals surface area contributed by atoms with E-state index in [1.165, 1.54) is 12.8 Å². The molecule has 1 aromatic carbocycles. The number of benzene rings is 1. The first-order chi connectivity index (χ1) is 9.72. The first-order valence-electron chi connectivity index (χ1n) is 7.15. The van der Waals surface area contributed by atoms with Gasteiger partial charge in [0.15, 0.2) is 11.5 Å². The van der Waals surface area contributed by atoms with Crippen molar-refractivity contribution in [1.82, 2.24) is 5.32 Å². The average molecular weight is 292 g/mol. The van der Waals surface area contributed by atoms with Gasteiger partial charge in [-0.2, -0.15) is 0 Å². The van der Waals surface area contributed by atoms with Gasteiger partial charge in [-0.15, -0.1) is 0 Å². The van der Waals surface area contributed by atoms with E-state index in [9.17, 15) is 4.79 Å². The zero-order valence-electron chi connectivity index (χ0n) is 11.3. The molecule has 3 rings (SSSR count). The maximum atomic E-state index is 12.2. The Balaban J connectivity index is 1.65. The Morgan fingerprint density at radius 2 is 2.30 bits per heavy atom. The molecule has 1 saturated heterocycles. The number of piperidine rings is 1. The zero-order chi connectivity index (χ0) is 13.9. The molecule has 3 nitrogen and oxygen atoms in total. The minimum atomic E-state index is 0.0860. The third-order valence-electron chi connectivity index (χ3n) is 3.93. The van der Waals surface area contributed by atoms with E-state index in [1.807, 2.05) is 6.07 Å². The summed E-state index contributed by atoms with van der Waals surface area (Å²) < 4.78 is 5.60. The van der Waals surface area contributed by atoms with Gasteiger partial charge in [-0.3, -0.25) is 4.79 Å². The minimum Gasteiger partial charge on any atom is -0.453 e. The standard InChI is InChI=1S/C16H18ClNO2/c17-13-4-6-15-12(8-13)9-16(20-15)14(19)5-3-11-2-1-7-18-10-11/h4,6,8-9,11,18H,1-3,5,7,10H2. The Morgan fingerprint density at radius 3 is 3.10 bits per heavy atom. The van der Waals surface area contributed by atoms with Gasteiger partial charge in [0, 0.05) is 16.8 Å². The first-order valence-corrected chi connectivity index (χ1v) is 7.53. The summed E-state index contributed by atoms with van der Waals surface area (Å²) in [7, 11) is 0. The maximum Gasteiger partial charge on any atom is 0.198 e. The number of rotatable bonds is 4. The number of carbonyl (C=O) groups excluding carboxylic acids is 1. The molecule has 0 saturated carbocycles. The van der Waals surface area contributed by atoms with Crippen LogP contribution in [0.2, 0.25) is 5.02 Å². The monoisotopic (exact) mass is 291 g/mol. The van der Waals surface area contributed by atoms with Crippen LogP contribution in [0.25, 0.3) is 11.0 Å². The lowest BCUT2D eigenvalue weighted by molar-refractivity contribution is 0.0946. The van der Waals surface area contributed by atoms with Crippen LogP contribution in [0, 0.1) is 5.92 Å². The van der Waals surface area contributed by atoms with Crippen LogP contribution in [0.1, 0.15) is 36.2 Å². The predicted octanol–water partition coefficient (Wildman–Crippen LogP) is 4.05. The summed E-state index contributed by atoms with van der Waals surface area (Å²) in [5, 5.41) is 4.92. The second kappa shape index (κ2) is 5.98. The molecule has 1 aliphatic rings. The molecule has 1 N–H and O–H groups in total. The van der Waals surface area contributed by atoms with Crippen LogP contribution in [-0.2, 0) is 0 Å². The first kappa shape index (κ1) is 13.7. The molecule has 1 unspecified atom stereocenters. The SMILES string of the molecule is O=C(CCC1CCCNC1)c1cc2cc(Cl)ccc2o1. The predicted molar refractivity (Wildman–Crippen MR) is 80.4 cm³/mol. The third-order valence-corrected chi connectivity index (χ3v) is 4.17. The van der Waals surface area contributed by atoms with Crippen molar-refractivity contribution in [3.63, 3.8) is 0 Å². The minimum absolute atomic E-state index is 0.0860. The number of hydrogen-bond acceptors (Lipinski definition) is 3. The van der Waals surface area contributed by atoms with Gasteiger partial charge in [0.2, 0.25) is 0 Å². The van der Waals surface area contributed by atoms with Crippen molar-refractivity contribution in [3.05, 3.63) is 35.0 Å².